The molecule has 1 amide bonds. The molecule has 0 spiro atoms. The Kier molecular flexibility index (Phi) is 5.63. The van der Waals surface area contributed by atoms with Crippen molar-refractivity contribution in [2.45, 2.75) is 26.9 Å². The van der Waals surface area contributed by atoms with Crippen LogP contribution in [0.25, 0.3) is 0 Å². The van der Waals surface area contributed by atoms with Crippen molar-refractivity contribution in [3.63, 3.8) is 0 Å². The maximum absolute atomic E-state index is 13.6. The van der Waals surface area contributed by atoms with Gasteiger partial charge in [-0.1, -0.05) is 18.2 Å². The average Bonchev–Trinajstić information content (AvgIpc) is 2.78. The Labute approximate surface area is 134 Å². The molecule has 0 atom stereocenters. The molecule has 0 radical (unpaired) electrons. The van der Waals surface area contributed by atoms with Crippen LogP contribution < -0.4 is 5.32 Å². The van der Waals surface area contributed by atoms with E-state index in [2.05, 4.69) is 10.3 Å². The number of likely N-dealkylation sites (N-methyl/N-ethyl adjacent to an activating group) is 1. The predicted octanol–water partition coefficient (Wildman–Crippen LogP) is 2.65. The van der Waals surface area contributed by atoms with Crippen LogP contribution in [-0.2, 0) is 17.9 Å². The van der Waals surface area contributed by atoms with E-state index < -0.39 is 0 Å². The first-order valence-electron chi connectivity index (χ1n) is 7.07. The van der Waals surface area contributed by atoms with Gasteiger partial charge in [0.15, 0.2) is 0 Å². The van der Waals surface area contributed by atoms with E-state index in [1.165, 1.54) is 10.9 Å². The SMILES string of the molecule is Cc1nc(CNC(=O)CN(C)Cc2ccccc2F)sc1C. The fourth-order valence-corrected chi connectivity index (χ4v) is 2.94. The quantitative estimate of drug-likeness (QED) is 0.889. The van der Waals surface area contributed by atoms with Crippen molar-refractivity contribution in [2.75, 3.05) is 13.6 Å². The monoisotopic (exact) mass is 321 g/mol. The van der Waals surface area contributed by atoms with Crippen LogP contribution >= 0.6 is 11.3 Å². The Morgan fingerprint density at radius 3 is 2.73 bits per heavy atom. The molecule has 6 heteroatoms. The number of aromatic nitrogens is 1. The first-order chi connectivity index (χ1) is 10.5. The maximum atomic E-state index is 13.6. The number of halogens is 1. The number of carbonyl (C=O) groups is 1. The lowest BCUT2D eigenvalue weighted by Gasteiger charge is -2.16. The van der Waals surface area contributed by atoms with E-state index in [9.17, 15) is 9.18 Å². The highest BCUT2D eigenvalue weighted by Crippen LogP contribution is 2.15. The molecule has 22 heavy (non-hydrogen) atoms. The minimum atomic E-state index is -0.247. The van der Waals surface area contributed by atoms with E-state index >= 15 is 0 Å². The van der Waals surface area contributed by atoms with E-state index in [4.69, 9.17) is 0 Å². The van der Waals surface area contributed by atoms with E-state index in [0.29, 0.717) is 18.7 Å². The molecule has 0 unspecified atom stereocenters. The topological polar surface area (TPSA) is 45.2 Å². The zero-order valence-electron chi connectivity index (χ0n) is 13.0. The minimum absolute atomic E-state index is 0.0932. The van der Waals surface area contributed by atoms with Crippen LogP contribution in [0.2, 0.25) is 0 Å². The number of nitrogens with zero attached hydrogens (tertiary/aromatic N) is 2. The van der Waals surface area contributed by atoms with Crippen LogP contribution in [0.5, 0.6) is 0 Å². The van der Waals surface area contributed by atoms with Gasteiger partial charge in [-0.3, -0.25) is 9.69 Å². The van der Waals surface area contributed by atoms with Crippen molar-refractivity contribution >= 4 is 17.2 Å². The van der Waals surface area contributed by atoms with Crippen molar-refractivity contribution < 1.29 is 9.18 Å². The molecule has 1 N–H and O–H groups in total. The first-order valence-corrected chi connectivity index (χ1v) is 7.89. The van der Waals surface area contributed by atoms with E-state index in [1.807, 2.05) is 13.8 Å². The van der Waals surface area contributed by atoms with Crippen molar-refractivity contribution in [2.24, 2.45) is 0 Å². The van der Waals surface area contributed by atoms with Gasteiger partial charge in [-0.2, -0.15) is 0 Å². The lowest BCUT2D eigenvalue weighted by atomic mass is 10.2. The minimum Gasteiger partial charge on any atom is -0.348 e. The Morgan fingerprint density at radius 2 is 2.09 bits per heavy atom. The Bertz CT molecular complexity index is 637. The van der Waals surface area contributed by atoms with Gasteiger partial charge in [0.05, 0.1) is 18.8 Å². The molecular weight excluding hydrogens is 301 g/mol. The maximum Gasteiger partial charge on any atom is 0.234 e. The third-order valence-electron chi connectivity index (χ3n) is 3.32. The first kappa shape index (κ1) is 16.6. The number of aryl methyl sites for hydroxylation is 2. The predicted molar refractivity (Wildman–Crippen MR) is 86.2 cm³/mol. The van der Waals surface area contributed by atoms with Gasteiger partial charge < -0.3 is 5.32 Å². The third-order valence-corrected chi connectivity index (χ3v) is 4.39. The van der Waals surface area contributed by atoms with Crippen molar-refractivity contribution in [3.05, 3.63) is 51.2 Å². The van der Waals surface area contributed by atoms with E-state index in [1.54, 1.807) is 41.5 Å². The van der Waals surface area contributed by atoms with Gasteiger partial charge >= 0.3 is 0 Å². The molecule has 1 aromatic carbocycles. The normalized spacial score (nSPS) is 11.0. The molecule has 0 fully saturated rings. The molecule has 1 aromatic heterocycles. The van der Waals surface area contributed by atoms with Crippen molar-refractivity contribution in [1.82, 2.24) is 15.2 Å². The van der Waals surface area contributed by atoms with Crippen LogP contribution in [0.4, 0.5) is 4.39 Å². The smallest absolute Gasteiger partial charge is 0.234 e. The summed E-state index contributed by atoms with van der Waals surface area (Å²) in [5.74, 6) is -0.340. The van der Waals surface area contributed by atoms with Gasteiger partial charge in [0.25, 0.3) is 0 Å². The number of carbonyl (C=O) groups excluding carboxylic acids is 1. The molecule has 0 saturated heterocycles. The molecule has 2 rings (SSSR count). The van der Waals surface area contributed by atoms with Crippen LogP contribution in [-0.4, -0.2) is 29.4 Å². The van der Waals surface area contributed by atoms with Gasteiger partial charge in [0.1, 0.15) is 10.8 Å². The highest BCUT2D eigenvalue weighted by molar-refractivity contribution is 7.11. The Morgan fingerprint density at radius 1 is 1.36 bits per heavy atom. The van der Waals surface area contributed by atoms with Gasteiger partial charge in [0.2, 0.25) is 5.91 Å². The molecule has 118 valence electrons. The largest absolute Gasteiger partial charge is 0.348 e. The molecule has 0 saturated carbocycles. The summed E-state index contributed by atoms with van der Waals surface area (Å²) < 4.78 is 13.6. The number of thiazole rings is 1. The summed E-state index contributed by atoms with van der Waals surface area (Å²) in [6.45, 7) is 5.03. The molecule has 0 bridgehead atoms. The second-order valence-electron chi connectivity index (χ2n) is 5.29. The second-order valence-corrected chi connectivity index (χ2v) is 6.58. The zero-order valence-corrected chi connectivity index (χ0v) is 13.8. The van der Waals surface area contributed by atoms with Gasteiger partial charge in [-0.15, -0.1) is 11.3 Å². The Balaban J connectivity index is 1.80. The summed E-state index contributed by atoms with van der Waals surface area (Å²) in [6.07, 6.45) is 0. The summed E-state index contributed by atoms with van der Waals surface area (Å²) in [6, 6.07) is 6.60. The third kappa shape index (κ3) is 4.61. The average molecular weight is 321 g/mol. The molecule has 2 aromatic rings. The number of hydrogen-bond donors (Lipinski definition) is 1. The highest BCUT2D eigenvalue weighted by atomic mass is 32.1. The number of hydrogen-bond acceptors (Lipinski definition) is 4. The fraction of sp³-hybridized carbons (Fsp3) is 0.375. The fourth-order valence-electron chi connectivity index (χ4n) is 2.06. The van der Waals surface area contributed by atoms with Crippen molar-refractivity contribution in [1.29, 1.82) is 0 Å². The van der Waals surface area contributed by atoms with E-state index in [-0.39, 0.29) is 18.3 Å². The highest BCUT2D eigenvalue weighted by Gasteiger charge is 2.10. The lowest BCUT2D eigenvalue weighted by Crippen LogP contribution is -2.34. The van der Waals surface area contributed by atoms with Crippen LogP contribution in [0.15, 0.2) is 24.3 Å². The molecule has 4 nitrogen and oxygen atoms in total. The second kappa shape index (κ2) is 7.47. The van der Waals surface area contributed by atoms with Gasteiger partial charge in [0, 0.05) is 17.0 Å². The summed E-state index contributed by atoms with van der Waals surface area (Å²) in [5.41, 5.74) is 1.59. The zero-order chi connectivity index (χ0) is 16.1. The number of rotatable bonds is 6. The van der Waals surface area contributed by atoms with Crippen LogP contribution in [0.3, 0.4) is 0 Å². The van der Waals surface area contributed by atoms with Crippen LogP contribution in [0, 0.1) is 19.7 Å². The number of benzene rings is 1. The summed E-state index contributed by atoms with van der Waals surface area (Å²) >= 11 is 1.59. The molecule has 1 heterocycles. The summed E-state index contributed by atoms with van der Waals surface area (Å²) in [5, 5.41) is 3.75. The van der Waals surface area contributed by atoms with Gasteiger partial charge in [-0.05, 0) is 27.0 Å². The summed E-state index contributed by atoms with van der Waals surface area (Å²) in [4.78, 5) is 19.3. The molecule has 0 aliphatic heterocycles. The molecular formula is C16H20FN3OS. The number of nitrogens with one attached hydrogen (secondary N) is 1. The van der Waals surface area contributed by atoms with Crippen molar-refractivity contribution in [3.8, 4) is 0 Å². The van der Waals surface area contributed by atoms with Gasteiger partial charge in [-0.25, -0.2) is 9.37 Å². The number of amides is 1. The standard InChI is InChI=1S/C16H20FN3OS/c1-11-12(2)22-16(19-11)8-18-15(21)10-20(3)9-13-6-4-5-7-14(13)17/h4-7H,8-10H2,1-3H3,(H,18,21). The lowest BCUT2D eigenvalue weighted by molar-refractivity contribution is -0.122. The molecule has 0 aliphatic rings. The van der Waals surface area contributed by atoms with E-state index in [0.717, 1.165) is 10.7 Å². The Hall–Kier alpha value is -1.79. The molecule has 0 aliphatic carbocycles. The summed E-state index contributed by atoms with van der Waals surface area (Å²) in [7, 11) is 1.80. The van der Waals surface area contributed by atoms with Crippen LogP contribution in [0.1, 0.15) is 21.1 Å².